The van der Waals surface area contributed by atoms with Crippen molar-refractivity contribution in [2.45, 2.75) is 63.7 Å². The molecular weight excluding hydrogens is 464 g/mol. The number of rotatable bonds is 12. The van der Waals surface area contributed by atoms with E-state index in [1.165, 1.54) is 18.2 Å². The van der Waals surface area contributed by atoms with Crippen molar-refractivity contribution >= 4 is 17.6 Å². The number of benzene rings is 2. The van der Waals surface area contributed by atoms with Crippen molar-refractivity contribution in [3.05, 3.63) is 69.7 Å². The highest BCUT2D eigenvalue weighted by atomic mass is 35.5. The summed E-state index contributed by atoms with van der Waals surface area (Å²) in [4.78, 5) is 13.2. The Morgan fingerprint density at radius 3 is 2.76 bits per heavy atom. The van der Waals surface area contributed by atoms with E-state index in [4.69, 9.17) is 21.4 Å². The molecule has 0 aromatic heterocycles. The van der Waals surface area contributed by atoms with E-state index in [2.05, 4.69) is 4.90 Å². The van der Waals surface area contributed by atoms with Gasteiger partial charge in [-0.05, 0) is 79.6 Å². The van der Waals surface area contributed by atoms with Crippen molar-refractivity contribution in [2.75, 3.05) is 19.7 Å². The Labute approximate surface area is 204 Å². The number of carboxylic acids is 1. The molecular formula is C26H32ClF2NO4. The zero-order valence-corrected chi connectivity index (χ0v) is 20.1. The minimum Gasteiger partial charge on any atom is -0.481 e. The highest BCUT2D eigenvalue weighted by Crippen LogP contribution is 2.28. The van der Waals surface area contributed by atoms with Gasteiger partial charge in [-0.25, -0.2) is 8.78 Å². The Bertz CT molecular complexity index is 974. The molecule has 0 bridgehead atoms. The summed E-state index contributed by atoms with van der Waals surface area (Å²) in [6, 6.07) is 9.37. The Balaban J connectivity index is 1.57. The summed E-state index contributed by atoms with van der Waals surface area (Å²) < 4.78 is 33.7. The number of β-amino-alcohol motifs (C(OH)–C–C–N with tert-alkyl or cyclic N) is 1. The van der Waals surface area contributed by atoms with Crippen LogP contribution in [-0.4, -0.2) is 52.9 Å². The predicted molar refractivity (Wildman–Crippen MR) is 127 cm³/mol. The number of carbonyl (C=O) groups is 1. The third-order valence-corrected chi connectivity index (χ3v) is 6.63. The van der Waals surface area contributed by atoms with Gasteiger partial charge in [0.1, 0.15) is 11.6 Å². The number of aryl methyl sites for hydroxylation is 1. The van der Waals surface area contributed by atoms with Crippen LogP contribution in [-0.2, 0) is 22.4 Å². The van der Waals surface area contributed by atoms with Crippen molar-refractivity contribution in [1.82, 2.24) is 4.90 Å². The standard InChI is InChI=1S/C26H32ClF2NO4/c1-2-25(22-14-19(28)8-6-18(22)7-10-26(32)33)34-16-21(31)15-30-11-3-4-20(30)12-17-5-9-23(27)24(29)13-17/h5-6,8-9,13-14,20-21,25,31H,2-4,7,10-12,15-16H2,1H3,(H,32,33)/t20-,21+,25+/m0/s1. The molecule has 0 spiro atoms. The number of hydrogen-bond acceptors (Lipinski definition) is 4. The summed E-state index contributed by atoms with van der Waals surface area (Å²) in [5.41, 5.74) is 2.23. The van der Waals surface area contributed by atoms with Gasteiger partial charge in [-0.3, -0.25) is 9.69 Å². The minimum atomic E-state index is -0.916. The Hall–Kier alpha value is -2.06. The van der Waals surface area contributed by atoms with Crippen LogP contribution in [0.5, 0.6) is 0 Å². The monoisotopic (exact) mass is 495 g/mol. The Morgan fingerprint density at radius 1 is 1.26 bits per heavy atom. The molecule has 3 rings (SSSR count). The van der Waals surface area contributed by atoms with E-state index < -0.39 is 29.8 Å². The van der Waals surface area contributed by atoms with E-state index in [0.29, 0.717) is 24.9 Å². The first-order valence-corrected chi connectivity index (χ1v) is 12.1. The molecule has 2 aromatic carbocycles. The maximum Gasteiger partial charge on any atom is 0.303 e. The molecule has 186 valence electrons. The fourth-order valence-electron chi connectivity index (χ4n) is 4.62. The summed E-state index contributed by atoms with van der Waals surface area (Å²) in [6.45, 7) is 3.25. The quantitative estimate of drug-likeness (QED) is 0.425. The highest BCUT2D eigenvalue weighted by molar-refractivity contribution is 6.30. The molecule has 2 N–H and O–H groups in total. The molecule has 1 heterocycles. The molecule has 0 amide bonds. The lowest BCUT2D eigenvalue weighted by Gasteiger charge is -2.28. The molecule has 0 unspecified atom stereocenters. The van der Waals surface area contributed by atoms with Crippen LogP contribution in [0.3, 0.4) is 0 Å². The number of aliphatic hydroxyl groups excluding tert-OH is 1. The highest BCUT2D eigenvalue weighted by Gasteiger charge is 2.27. The summed E-state index contributed by atoms with van der Waals surface area (Å²) in [5.74, 6) is -1.75. The first-order chi connectivity index (χ1) is 16.3. The molecule has 5 nitrogen and oxygen atoms in total. The maximum absolute atomic E-state index is 13.9. The fourth-order valence-corrected chi connectivity index (χ4v) is 4.74. The molecule has 1 saturated heterocycles. The molecule has 0 aliphatic carbocycles. The Kier molecular flexibility index (Phi) is 9.83. The number of halogens is 3. The normalized spacial score (nSPS) is 18.2. The average Bonchev–Trinajstić information content (AvgIpc) is 3.22. The number of likely N-dealkylation sites (tertiary alicyclic amines) is 1. The van der Waals surface area contributed by atoms with Gasteiger partial charge in [-0.15, -0.1) is 0 Å². The predicted octanol–water partition coefficient (Wildman–Crippen LogP) is 5.17. The summed E-state index contributed by atoms with van der Waals surface area (Å²) in [7, 11) is 0. The summed E-state index contributed by atoms with van der Waals surface area (Å²) >= 11 is 5.78. The third kappa shape index (κ3) is 7.47. The molecule has 1 fully saturated rings. The van der Waals surface area contributed by atoms with E-state index in [1.807, 2.05) is 13.0 Å². The largest absolute Gasteiger partial charge is 0.481 e. The average molecular weight is 496 g/mol. The number of hydrogen-bond donors (Lipinski definition) is 2. The second-order valence-electron chi connectivity index (χ2n) is 8.86. The first kappa shape index (κ1) is 26.5. The van der Waals surface area contributed by atoms with Crippen molar-refractivity contribution in [1.29, 1.82) is 0 Å². The van der Waals surface area contributed by atoms with Crippen LogP contribution in [0.25, 0.3) is 0 Å². The fraction of sp³-hybridized carbons (Fsp3) is 0.500. The molecule has 3 atom stereocenters. The minimum absolute atomic E-state index is 0.0500. The van der Waals surface area contributed by atoms with E-state index in [9.17, 15) is 18.7 Å². The zero-order valence-electron chi connectivity index (χ0n) is 19.4. The van der Waals surface area contributed by atoms with Gasteiger partial charge in [0.05, 0.1) is 23.8 Å². The second-order valence-corrected chi connectivity index (χ2v) is 9.27. The van der Waals surface area contributed by atoms with Gasteiger partial charge in [-0.1, -0.05) is 30.7 Å². The van der Waals surface area contributed by atoms with Gasteiger partial charge in [0, 0.05) is 19.0 Å². The third-order valence-electron chi connectivity index (χ3n) is 6.32. The Morgan fingerprint density at radius 2 is 2.06 bits per heavy atom. The molecule has 1 aliphatic heterocycles. The van der Waals surface area contributed by atoms with E-state index in [1.54, 1.807) is 12.1 Å². The first-order valence-electron chi connectivity index (χ1n) is 11.7. The number of aliphatic carboxylic acids is 1. The van der Waals surface area contributed by atoms with Crippen molar-refractivity contribution in [2.24, 2.45) is 0 Å². The lowest BCUT2D eigenvalue weighted by atomic mass is 9.97. The van der Waals surface area contributed by atoms with Crippen molar-refractivity contribution in [3.8, 4) is 0 Å². The van der Waals surface area contributed by atoms with E-state index >= 15 is 0 Å². The van der Waals surface area contributed by atoms with Crippen LogP contribution in [0.4, 0.5) is 8.78 Å². The van der Waals surface area contributed by atoms with Crippen LogP contribution in [0.2, 0.25) is 5.02 Å². The second kappa shape index (κ2) is 12.6. The topological polar surface area (TPSA) is 70.0 Å². The van der Waals surface area contributed by atoms with Crippen LogP contribution in [0.15, 0.2) is 36.4 Å². The molecule has 0 radical (unpaired) electrons. The lowest BCUT2D eigenvalue weighted by Crippen LogP contribution is -2.39. The SMILES string of the molecule is CC[C@@H](OC[C@H](O)CN1CCC[C@H]1Cc1ccc(Cl)c(F)c1)c1cc(F)ccc1CCC(=O)O. The number of ether oxygens (including phenoxy) is 1. The number of nitrogens with zero attached hydrogens (tertiary/aromatic N) is 1. The molecule has 2 aromatic rings. The van der Waals surface area contributed by atoms with Crippen molar-refractivity contribution < 1.29 is 28.5 Å². The molecule has 8 heteroatoms. The van der Waals surface area contributed by atoms with Crippen LogP contribution in [0.1, 0.15) is 55.4 Å². The summed E-state index contributed by atoms with van der Waals surface area (Å²) in [5, 5.41) is 19.8. The summed E-state index contributed by atoms with van der Waals surface area (Å²) in [6.07, 6.45) is 2.25. The number of carboxylic acid groups (broad SMARTS) is 1. The van der Waals surface area contributed by atoms with Crippen LogP contribution < -0.4 is 0 Å². The van der Waals surface area contributed by atoms with Gasteiger partial charge in [0.2, 0.25) is 0 Å². The lowest BCUT2D eigenvalue weighted by molar-refractivity contribution is -0.136. The van der Waals surface area contributed by atoms with E-state index in [0.717, 1.165) is 30.5 Å². The van der Waals surface area contributed by atoms with E-state index in [-0.39, 0.29) is 30.5 Å². The van der Waals surface area contributed by atoms with Gasteiger partial charge < -0.3 is 14.9 Å². The van der Waals surface area contributed by atoms with Crippen LogP contribution in [0, 0.1) is 11.6 Å². The maximum atomic E-state index is 13.9. The van der Waals surface area contributed by atoms with Gasteiger partial charge in [0.15, 0.2) is 0 Å². The van der Waals surface area contributed by atoms with Crippen molar-refractivity contribution in [3.63, 3.8) is 0 Å². The van der Waals surface area contributed by atoms with Gasteiger partial charge >= 0.3 is 5.97 Å². The smallest absolute Gasteiger partial charge is 0.303 e. The van der Waals surface area contributed by atoms with Gasteiger partial charge in [0.25, 0.3) is 0 Å². The van der Waals surface area contributed by atoms with Crippen LogP contribution >= 0.6 is 11.6 Å². The number of aliphatic hydroxyl groups is 1. The molecule has 1 aliphatic rings. The van der Waals surface area contributed by atoms with Gasteiger partial charge in [-0.2, -0.15) is 0 Å². The molecule has 0 saturated carbocycles. The molecule has 34 heavy (non-hydrogen) atoms. The zero-order chi connectivity index (χ0) is 24.7.